The van der Waals surface area contributed by atoms with Crippen molar-refractivity contribution in [3.8, 4) is 0 Å². The molecule has 0 aliphatic carbocycles. The van der Waals surface area contributed by atoms with Crippen molar-refractivity contribution >= 4 is 11.6 Å². The Morgan fingerprint density at radius 2 is 2.00 bits per heavy atom. The minimum atomic E-state index is -3.36. The van der Waals surface area contributed by atoms with Crippen molar-refractivity contribution in [1.29, 1.82) is 0 Å². The standard InChI is InChI=1S/C12H13F2NO/c1-2-3-8-15-10-7-5-4-6-9(10)12(13,14)11(15)16/h4-7H,2-3,8H2,1H3. The van der Waals surface area contributed by atoms with Crippen LogP contribution < -0.4 is 4.90 Å². The molecule has 0 atom stereocenters. The topological polar surface area (TPSA) is 20.3 Å². The van der Waals surface area contributed by atoms with Crippen molar-refractivity contribution in [2.45, 2.75) is 25.7 Å². The summed E-state index contributed by atoms with van der Waals surface area (Å²) in [5.74, 6) is -4.45. The van der Waals surface area contributed by atoms with Crippen molar-refractivity contribution in [2.75, 3.05) is 11.4 Å². The predicted octanol–water partition coefficient (Wildman–Crippen LogP) is 2.93. The number of para-hydroxylation sites is 1. The van der Waals surface area contributed by atoms with E-state index in [4.69, 9.17) is 0 Å². The molecule has 4 heteroatoms. The first-order valence-electron chi connectivity index (χ1n) is 5.38. The highest BCUT2D eigenvalue weighted by Gasteiger charge is 2.52. The maximum Gasteiger partial charge on any atom is 0.352 e. The molecule has 0 N–H and O–H groups in total. The highest BCUT2D eigenvalue weighted by molar-refractivity contribution is 6.05. The Bertz CT molecular complexity index is 417. The van der Waals surface area contributed by atoms with Crippen LogP contribution in [0.1, 0.15) is 25.3 Å². The number of carbonyl (C=O) groups is 1. The first-order chi connectivity index (χ1) is 7.59. The molecular formula is C12H13F2NO. The fraction of sp³-hybridized carbons (Fsp3) is 0.417. The second-order valence-electron chi connectivity index (χ2n) is 3.90. The van der Waals surface area contributed by atoms with Gasteiger partial charge in [-0.3, -0.25) is 4.79 Å². The Kier molecular flexibility index (Phi) is 2.66. The largest absolute Gasteiger partial charge is 0.352 e. The predicted molar refractivity (Wildman–Crippen MR) is 57.6 cm³/mol. The first kappa shape index (κ1) is 11.0. The van der Waals surface area contributed by atoms with E-state index in [9.17, 15) is 13.6 Å². The average Bonchev–Trinajstić information content (AvgIpc) is 2.47. The molecule has 1 aromatic carbocycles. The van der Waals surface area contributed by atoms with Gasteiger partial charge in [0.25, 0.3) is 0 Å². The fourth-order valence-corrected chi connectivity index (χ4v) is 1.91. The second kappa shape index (κ2) is 3.85. The average molecular weight is 225 g/mol. The molecule has 0 bridgehead atoms. The summed E-state index contributed by atoms with van der Waals surface area (Å²) in [6, 6.07) is 6.10. The summed E-state index contributed by atoms with van der Waals surface area (Å²) in [4.78, 5) is 12.8. The van der Waals surface area contributed by atoms with Crippen LogP contribution in [0.4, 0.5) is 14.5 Å². The molecule has 0 fully saturated rings. The highest BCUT2D eigenvalue weighted by atomic mass is 19.3. The van der Waals surface area contributed by atoms with Crippen molar-refractivity contribution in [1.82, 2.24) is 0 Å². The number of halogens is 2. The molecule has 0 unspecified atom stereocenters. The van der Waals surface area contributed by atoms with Gasteiger partial charge in [-0.2, -0.15) is 8.78 Å². The summed E-state index contributed by atoms with van der Waals surface area (Å²) in [6.45, 7) is 2.33. The summed E-state index contributed by atoms with van der Waals surface area (Å²) >= 11 is 0. The number of benzene rings is 1. The summed E-state index contributed by atoms with van der Waals surface area (Å²) in [6.07, 6.45) is 1.60. The van der Waals surface area contributed by atoms with E-state index in [1.807, 2.05) is 6.92 Å². The SMILES string of the molecule is CCCCN1C(=O)C(F)(F)c2ccccc21. The van der Waals surface area contributed by atoms with Crippen LogP contribution in [0.25, 0.3) is 0 Å². The van der Waals surface area contributed by atoms with Gasteiger partial charge in [-0.1, -0.05) is 31.5 Å². The molecule has 16 heavy (non-hydrogen) atoms. The molecule has 1 aliphatic rings. The van der Waals surface area contributed by atoms with Gasteiger partial charge in [0.1, 0.15) is 0 Å². The number of unbranched alkanes of at least 4 members (excludes halogenated alkanes) is 1. The molecule has 1 aromatic rings. The minimum Gasteiger partial charge on any atom is -0.306 e. The van der Waals surface area contributed by atoms with Crippen molar-refractivity contribution in [3.05, 3.63) is 29.8 Å². The maximum atomic E-state index is 13.6. The Labute approximate surface area is 92.9 Å². The van der Waals surface area contributed by atoms with Gasteiger partial charge in [0.2, 0.25) is 0 Å². The third-order valence-corrected chi connectivity index (χ3v) is 2.78. The number of rotatable bonds is 3. The monoisotopic (exact) mass is 225 g/mol. The zero-order valence-electron chi connectivity index (χ0n) is 9.04. The molecule has 0 radical (unpaired) electrons. The first-order valence-corrected chi connectivity index (χ1v) is 5.38. The van der Waals surface area contributed by atoms with Gasteiger partial charge in [-0.05, 0) is 12.5 Å². The molecular weight excluding hydrogens is 212 g/mol. The summed E-state index contributed by atoms with van der Waals surface area (Å²) in [7, 11) is 0. The van der Waals surface area contributed by atoms with E-state index in [1.165, 1.54) is 17.0 Å². The maximum absolute atomic E-state index is 13.6. The number of carbonyl (C=O) groups excluding carboxylic acids is 1. The van der Waals surface area contributed by atoms with E-state index in [0.29, 0.717) is 12.2 Å². The van der Waals surface area contributed by atoms with E-state index in [-0.39, 0.29) is 5.56 Å². The quantitative estimate of drug-likeness (QED) is 0.774. The molecule has 2 rings (SSSR count). The molecule has 0 spiro atoms. The van der Waals surface area contributed by atoms with Crippen LogP contribution in [0.3, 0.4) is 0 Å². The van der Waals surface area contributed by atoms with Crippen LogP contribution in [-0.2, 0) is 10.7 Å². The third-order valence-electron chi connectivity index (χ3n) is 2.78. The van der Waals surface area contributed by atoms with Gasteiger partial charge >= 0.3 is 11.8 Å². The molecule has 0 saturated heterocycles. The number of alkyl halides is 2. The van der Waals surface area contributed by atoms with Crippen molar-refractivity contribution in [3.63, 3.8) is 0 Å². The van der Waals surface area contributed by atoms with Gasteiger partial charge in [0, 0.05) is 6.54 Å². The lowest BCUT2D eigenvalue weighted by molar-refractivity contribution is -0.141. The van der Waals surface area contributed by atoms with Crippen LogP contribution in [-0.4, -0.2) is 12.5 Å². The summed E-state index contributed by atoms with van der Waals surface area (Å²) in [5.41, 5.74) is 0.182. The molecule has 1 heterocycles. The molecule has 0 aromatic heterocycles. The number of fused-ring (bicyclic) bond motifs is 1. The van der Waals surface area contributed by atoms with Gasteiger partial charge in [0.15, 0.2) is 0 Å². The smallest absolute Gasteiger partial charge is 0.306 e. The third kappa shape index (κ3) is 1.49. The molecule has 1 aliphatic heterocycles. The van der Waals surface area contributed by atoms with E-state index < -0.39 is 11.8 Å². The fourth-order valence-electron chi connectivity index (χ4n) is 1.91. The zero-order chi connectivity index (χ0) is 11.8. The normalized spacial score (nSPS) is 17.7. The number of amides is 1. The van der Waals surface area contributed by atoms with Crippen LogP contribution in [0.2, 0.25) is 0 Å². The van der Waals surface area contributed by atoms with Crippen LogP contribution in [0.15, 0.2) is 24.3 Å². The van der Waals surface area contributed by atoms with E-state index in [0.717, 1.165) is 12.8 Å². The highest BCUT2D eigenvalue weighted by Crippen LogP contribution is 2.43. The lowest BCUT2D eigenvalue weighted by atomic mass is 10.1. The minimum absolute atomic E-state index is 0.170. The summed E-state index contributed by atoms with van der Waals surface area (Å²) in [5, 5.41) is 0. The van der Waals surface area contributed by atoms with Gasteiger partial charge < -0.3 is 4.90 Å². The lowest BCUT2D eigenvalue weighted by Crippen LogP contribution is -2.35. The number of anilines is 1. The summed E-state index contributed by atoms with van der Waals surface area (Å²) < 4.78 is 27.2. The van der Waals surface area contributed by atoms with E-state index >= 15 is 0 Å². The molecule has 86 valence electrons. The van der Waals surface area contributed by atoms with Crippen molar-refractivity contribution < 1.29 is 13.6 Å². The molecule has 1 amide bonds. The second-order valence-corrected chi connectivity index (χ2v) is 3.90. The number of nitrogens with zero attached hydrogens (tertiary/aromatic N) is 1. The Hall–Kier alpha value is -1.45. The molecule has 2 nitrogen and oxygen atoms in total. The van der Waals surface area contributed by atoms with Crippen molar-refractivity contribution in [2.24, 2.45) is 0 Å². The van der Waals surface area contributed by atoms with E-state index in [1.54, 1.807) is 12.1 Å². The van der Waals surface area contributed by atoms with Gasteiger partial charge in [-0.15, -0.1) is 0 Å². The zero-order valence-corrected chi connectivity index (χ0v) is 9.04. The molecule has 0 saturated carbocycles. The Morgan fingerprint density at radius 1 is 1.31 bits per heavy atom. The number of hydrogen-bond acceptors (Lipinski definition) is 1. The Balaban J connectivity index is 2.39. The van der Waals surface area contributed by atoms with Gasteiger partial charge in [0.05, 0.1) is 11.3 Å². The van der Waals surface area contributed by atoms with Gasteiger partial charge in [-0.25, -0.2) is 0 Å². The van der Waals surface area contributed by atoms with Crippen LogP contribution in [0.5, 0.6) is 0 Å². The number of hydrogen-bond donors (Lipinski definition) is 0. The Morgan fingerprint density at radius 3 is 2.69 bits per heavy atom. The van der Waals surface area contributed by atoms with E-state index in [2.05, 4.69) is 0 Å². The van der Waals surface area contributed by atoms with Crippen LogP contribution in [0, 0.1) is 0 Å². The van der Waals surface area contributed by atoms with Crippen LogP contribution >= 0.6 is 0 Å². The lowest BCUT2D eigenvalue weighted by Gasteiger charge is -2.16.